The Morgan fingerprint density at radius 2 is 1.94 bits per heavy atom. The molecule has 0 saturated heterocycles. The van der Waals surface area contributed by atoms with E-state index in [9.17, 15) is 0 Å². The molecule has 90 valence electrons. The van der Waals surface area contributed by atoms with E-state index in [1.54, 1.807) is 16.8 Å². The molecule has 0 amide bonds. The molecule has 0 fully saturated rings. The summed E-state index contributed by atoms with van der Waals surface area (Å²) < 4.78 is 7.97. The van der Waals surface area contributed by atoms with Crippen LogP contribution < -0.4 is 10.5 Å². The van der Waals surface area contributed by atoms with E-state index in [2.05, 4.69) is 27.6 Å². The van der Waals surface area contributed by atoms with Crippen LogP contribution in [0.3, 0.4) is 0 Å². The number of halogens is 1. The fourth-order valence-electron chi connectivity index (χ4n) is 1.67. The first-order valence-corrected chi connectivity index (χ1v) is 7.25. The van der Waals surface area contributed by atoms with E-state index < -0.39 is 0 Å². The normalized spacial score (nSPS) is 10.7. The van der Waals surface area contributed by atoms with Crippen molar-refractivity contribution < 1.29 is 4.74 Å². The van der Waals surface area contributed by atoms with Gasteiger partial charge in [0.2, 0.25) is 0 Å². The Bertz CT molecular complexity index is 711. The fraction of sp³-hybridized carbons (Fsp3) is 0. The molecular weight excluding hydrogens is 359 g/mol. The number of aromatic nitrogens is 1. The highest BCUT2D eigenvalue weighted by molar-refractivity contribution is 14.1. The van der Waals surface area contributed by atoms with Gasteiger partial charge in [-0.05, 0) is 46.9 Å². The molecule has 0 aliphatic rings. The average Bonchev–Trinajstić information content (AvgIpc) is 2.84. The lowest BCUT2D eigenvalue weighted by Crippen LogP contribution is -1.94. The second-order valence-corrected chi connectivity index (χ2v) is 5.76. The lowest BCUT2D eigenvalue weighted by molar-refractivity contribution is 0.482. The largest absolute Gasteiger partial charge is 0.454 e. The molecule has 0 aliphatic carbocycles. The number of ether oxygens (including phenoxy) is 1. The van der Waals surface area contributed by atoms with Gasteiger partial charge in [-0.1, -0.05) is 12.1 Å². The van der Waals surface area contributed by atoms with Crippen LogP contribution in [0.15, 0.2) is 41.9 Å². The van der Waals surface area contributed by atoms with Crippen LogP contribution >= 0.6 is 33.9 Å². The number of nitrogens with zero attached hydrogens (tertiary/aromatic N) is 1. The molecule has 0 spiro atoms. The van der Waals surface area contributed by atoms with Crippen molar-refractivity contribution in [3.8, 4) is 11.5 Å². The van der Waals surface area contributed by atoms with E-state index in [-0.39, 0.29) is 0 Å². The summed E-state index contributed by atoms with van der Waals surface area (Å²) >= 11 is 3.81. The summed E-state index contributed by atoms with van der Waals surface area (Å²) in [5.74, 6) is 1.46. The predicted octanol–water partition coefficient (Wildman–Crippen LogP) is 4.28. The summed E-state index contributed by atoms with van der Waals surface area (Å²) in [4.78, 5) is 4.25. The highest BCUT2D eigenvalue weighted by Crippen LogP contribution is 2.35. The second kappa shape index (κ2) is 4.74. The Morgan fingerprint density at radius 3 is 2.78 bits per heavy atom. The first kappa shape index (κ1) is 11.7. The average molecular weight is 368 g/mol. The van der Waals surface area contributed by atoms with Crippen molar-refractivity contribution in [3.63, 3.8) is 0 Å². The Morgan fingerprint density at radius 1 is 1.11 bits per heavy atom. The molecule has 0 atom stereocenters. The van der Waals surface area contributed by atoms with Gasteiger partial charge in [0, 0.05) is 0 Å². The minimum absolute atomic E-state index is 0.591. The predicted molar refractivity (Wildman–Crippen MR) is 83.3 cm³/mol. The van der Waals surface area contributed by atoms with Crippen molar-refractivity contribution in [3.05, 3.63) is 45.5 Å². The first-order chi connectivity index (χ1) is 8.75. The quantitative estimate of drug-likeness (QED) is 0.543. The summed E-state index contributed by atoms with van der Waals surface area (Å²) in [6, 6.07) is 11.7. The van der Waals surface area contributed by atoms with Gasteiger partial charge in [-0.3, -0.25) is 0 Å². The van der Waals surface area contributed by atoms with Crippen LogP contribution in [0.25, 0.3) is 10.2 Å². The van der Waals surface area contributed by atoms with Gasteiger partial charge in [0.15, 0.2) is 5.75 Å². The Balaban J connectivity index is 2.05. The zero-order valence-corrected chi connectivity index (χ0v) is 12.2. The van der Waals surface area contributed by atoms with Crippen molar-refractivity contribution in [2.24, 2.45) is 0 Å². The maximum atomic E-state index is 6.08. The first-order valence-electron chi connectivity index (χ1n) is 5.30. The number of para-hydroxylation sites is 1. The number of hydrogen-bond donors (Lipinski definition) is 1. The molecule has 2 N–H and O–H groups in total. The number of fused-ring (bicyclic) bond motifs is 1. The molecule has 3 rings (SSSR count). The van der Waals surface area contributed by atoms with E-state index in [1.165, 1.54) is 0 Å². The molecule has 5 heteroatoms. The molecule has 2 aromatic carbocycles. The number of benzene rings is 2. The van der Waals surface area contributed by atoms with Gasteiger partial charge >= 0.3 is 0 Å². The topological polar surface area (TPSA) is 48.1 Å². The Hall–Kier alpha value is -1.34. The maximum Gasteiger partial charge on any atom is 0.152 e. The van der Waals surface area contributed by atoms with Crippen LogP contribution in [0.1, 0.15) is 0 Å². The number of thiazole rings is 1. The third kappa shape index (κ3) is 2.04. The van der Waals surface area contributed by atoms with Gasteiger partial charge in [-0.25, -0.2) is 4.98 Å². The molecule has 0 saturated carbocycles. The summed E-state index contributed by atoms with van der Waals surface area (Å²) in [6.45, 7) is 0. The summed E-state index contributed by atoms with van der Waals surface area (Å²) in [7, 11) is 0. The van der Waals surface area contributed by atoms with Crippen LogP contribution in [-0.4, -0.2) is 4.98 Å². The zero-order chi connectivity index (χ0) is 12.5. The number of nitrogen functional groups attached to an aromatic ring is 1. The smallest absolute Gasteiger partial charge is 0.152 e. The van der Waals surface area contributed by atoms with E-state index >= 15 is 0 Å². The lowest BCUT2D eigenvalue weighted by Gasteiger charge is -2.09. The Labute approximate surface area is 122 Å². The van der Waals surface area contributed by atoms with Crippen LogP contribution in [-0.2, 0) is 0 Å². The third-order valence-electron chi connectivity index (χ3n) is 2.56. The van der Waals surface area contributed by atoms with E-state index in [1.807, 2.05) is 36.4 Å². The Kier molecular flexibility index (Phi) is 3.09. The molecule has 3 aromatic rings. The number of nitrogens with two attached hydrogens (primary N) is 1. The molecule has 0 unspecified atom stereocenters. The van der Waals surface area contributed by atoms with Crippen molar-refractivity contribution in [2.45, 2.75) is 0 Å². The number of rotatable bonds is 2. The van der Waals surface area contributed by atoms with Crippen molar-refractivity contribution in [2.75, 3.05) is 5.73 Å². The molecule has 1 heterocycles. The molecule has 3 nitrogen and oxygen atoms in total. The van der Waals surface area contributed by atoms with E-state index in [0.717, 1.165) is 19.5 Å². The lowest BCUT2D eigenvalue weighted by atomic mass is 10.2. The highest BCUT2D eigenvalue weighted by atomic mass is 127. The second-order valence-electron chi connectivity index (χ2n) is 3.71. The molecular formula is C13H9IN2OS. The minimum atomic E-state index is 0.591. The fourth-order valence-corrected chi connectivity index (χ4v) is 2.86. The monoisotopic (exact) mass is 368 g/mol. The molecule has 0 aliphatic heterocycles. The van der Waals surface area contributed by atoms with Crippen molar-refractivity contribution in [1.29, 1.82) is 0 Å². The van der Waals surface area contributed by atoms with Gasteiger partial charge in [0.05, 0.1) is 13.8 Å². The molecule has 1 aromatic heterocycles. The summed E-state index contributed by atoms with van der Waals surface area (Å²) in [6.07, 6.45) is 0. The summed E-state index contributed by atoms with van der Waals surface area (Å²) in [5.41, 5.74) is 9.27. The molecule has 0 bridgehead atoms. The standard InChI is InChI=1S/C13H9IN2OS/c14-8-3-1-2-4-9(8)17-10-5-6-11-13(12(10)15)16-7-18-11/h1-7H,15H2. The molecule has 18 heavy (non-hydrogen) atoms. The van der Waals surface area contributed by atoms with Crippen molar-refractivity contribution in [1.82, 2.24) is 4.98 Å². The van der Waals surface area contributed by atoms with Crippen molar-refractivity contribution >= 4 is 49.8 Å². The van der Waals surface area contributed by atoms with Gasteiger partial charge in [0.25, 0.3) is 0 Å². The summed E-state index contributed by atoms with van der Waals surface area (Å²) in [5, 5.41) is 0. The highest BCUT2D eigenvalue weighted by Gasteiger charge is 2.09. The number of hydrogen-bond acceptors (Lipinski definition) is 4. The van der Waals surface area contributed by atoms with E-state index in [4.69, 9.17) is 10.5 Å². The van der Waals surface area contributed by atoms with E-state index in [0.29, 0.717) is 11.4 Å². The van der Waals surface area contributed by atoms with Gasteiger partial charge in [-0.15, -0.1) is 11.3 Å². The van der Waals surface area contributed by atoms with Gasteiger partial charge in [0.1, 0.15) is 17.0 Å². The van der Waals surface area contributed by atoms with Gasteiger partial charge < -0.3 is 10.5 Å². The van der Waals surface area contributed by atoms with Crippen LogP contribution in [0, 0.1) is 3.57 Å². The molecule has 0 radical (unpaired) electrons. The van der Waals surface area contributed by atoms with Crippen LogP contribution in [0.4, 0.5) is 5.69 Å². The van der Waals surface area contributed by atoms with Crippen LogP contribution in [0.5, 0.6) is 11.5 Å². The maximum absolute atomic E-state index is 6.08. The van der Waals surface area contributed by atoms with Gasteiger partial charge in [-0.2, -0.15) is 0 Å². The third-order valence-corrected chi connectivity index (χ3v) is 4.24. The minimum Gasteiger partial charge on any atom is -0.454 e. The number of anilines is 1. The van der Waals surface area contributed by atoms with Crippen LogP contribution in [0.2, 0.25) is 0 Å². The SMILES string of the molecule is Nc1c(Oc2ccccc2I)ccc2scnc12. The zero-order valence-electron chi connectivity index (χ0n) is 9.26.